The molecule has 2 aliphatic rings. The van der Waals surface area contributed by atoms with Crippen molar-refractivity contribution in [3.63, 3.8) is 0 Å². The number of hydrogen-bond donors (Lipinski definition) is 1. The van der Waals surface area contributed by atoms with Crippen LogP contribution >= 0.6 is 11.6 Å². The third-order valence-corrected chi connectivity index (χ3v) is 5.38. The topological polar surface area (TPSA) is 66.8 Å². The number of benzene rings is 1. The van der Waals surface area contributed by atoms with Crippen molar-refractivity contribution < 1.29 is 19.4 Å². The van der Waals surface area contributed by atoms with E-state index in [9.17, 15) is 14.7 Å². The Kier molecular flexibility index (Phi) is 5.16. The van der Waals surface area contributed by atoms with E-state index in [0.29, 0.717) is 23.9 Å². The molecule has 2 heterocycles. The molecule has 3 atom stereocenters. The van der Waals surface area contributed by atoms with Gasteiger partial charge in [0.25, 0.3) is 0 Å². The molecule has 5 nitrogen and oxygen atoms in total. The van der Waals surface area contributed by atoms with Crippen LogP contribution in [0.3, 0.4) is 0 Å². The molecule has 6 heteroatoms. The van der Waals surface area contributed by atoms with Crippen LogP contribution < -0.4 is 0 Å². The van der Waals surface area contributed by atoms with Crippen molar-refractivity contribution in [3.8, 4) is 0 Å². The monoisotopic (exact) mass is 363 g/mol. The zero-order valence-electron chi connectivity index (χ0n) is 14.4. The minimum Gasteiger partial charge on any atom is -0.478 e. The van der Waals surface area contributed by atoms with E-state index in [1.54, 1.807) is 43.0 Å². The first-order valence-corrected chi connectivity index (χ1v) is 8.90. The van der Waals surface area contributed by atoms with Crippen molar-refractivity contribution in [2.75, 3.05) is 13.2 Å². The summed E-state index contributed by atoms with van der Waals surface area (Å²) < 4.78 is 5.63. The maximum absolute atomic E-state index is 13.0. The molecule has 0 saturated carbocycles. The van der Waals surface area contributed by atoms with E-state index in [1.807, 2.05) is 0 Å². The molecule has 0 radical (unpaired) electrons. The van der Waals surface area contributed by atoms with Gasteiger partial charge in [0.2, 0.25) is 5.91 Å². The lowest BCUT2D eigenvalue weighted by molar-refractivity contribution is -0.138. The highest BCUT2D eigenvalue weighted by molar-refractivity contribution is 6.30. The quantitative estimate of drug-likeness (QED) is 0.889. The van der Waals surface area contributed by atoms with Gasteiger partial charge in [-0.05, 0) is 37.5 Å². The minimum atomic E-state index is -0.992. The Hall–Kier alpha value is -1.85. The number of amides is 1. The summed E-state index contributed by atoms with van der Waals surface area (Å²) in [4.78, 5) is 26.6. The first kappa shape index (κ1) is 18.0. The molecule has 1 aromatic rings. The minimum absolute atomic E-state index is 0.0202. The number of allylic oxidation sites excluding steroid dienone is 1. The lowest BCUT2D eigenvalue weighted by atomic mass is 9.77. The fraction of sp³-hybridized carbons (Fsp3) is 0.474. The standard InChI is InChI=1S/C19H22ClNO4/c1-11-16(13-5-7-14(20)8-6-13)17(19(23)24)12(2)21(18(11)22)10-15-4-3-9-25-15/h5-8,11,15-16H,3-4,9-10H2,1-2H3,(H,23,24)/t11?,15-,16+/m1/s1. The molecule has 1 amide bonds. The van der Waals surface area contributed by atoms with Gasteiger partial charge in [0.05, 0.1) is 18.2 Å². The second-order valence-corrected chi connectivity index (χ2v) is 7.14. The summed E-state index contributed by atoms with van der Waals surface area (Å²) in [6.07, 6.45) is 1.85. The van der Waals surface area contributed by atoms with Gasteiger partial charge in [0.15, 0.2) is 0 Å². The molecule has 1 fully saturated rings. The maximum Gasteiger partial charge on any atom is 0.333 e. The average molecular weight is 364 g/mol. The Morgan fingerprint density at radius 1 is 1.36 bits per heavy atom. The molecular formula is C19H22ClNO4. The summed E-state index contributed by atoms with van der Waals surface area (Å²) in [6.45, 7) is 4.62. The van der Waals surface area contributed by atoms with Gasteiger partial charge in [0.1, 0.15) is 0 Å². The van der Waals surface area contributed by atoms with Gasteiger partial charge >= 0.3 is 5.97 Å². The summed E-state index contributed by atoms with van der Waals surface area (Å²) in [5.74, 6) is -1.99. The van der Waals surface area contributed by atoms with Gasteiger partial charge in [-0.2, -0.15) is 0 Å². The Morgan fingerprint density at radius 2 is 2.04 bits per heavy atom. The highest BCUT2D eigenvalue weighted by Crippen LogP contribution is 2.40. The molecule has 0 aliphatic carbocycles. The fourth-order valence-corrected chi connectivity index (χ4v) is 3.93. The second kappa shape index (κ2) is 7.18. The smallest absolute Gasteiger partial charge is 0.333 e. The molecule has 1 N–H and O–H groups in total. The molecule has 134 valence electrons. The van der Waals surface area contributed by atoms with Gasteiger partial charge < -0.3 is 14.7 Å². The summed E-state index contributed by atoms with van der Waals surface area (Å²) in [5, 5.41) is 10.4. The number of carboxylic acids is 1. The van der Waals surface area contributed by atoms with E-state index in [2.05, 4.69) is 0 Å². The molecule has 0 bridgehead atoms. The zero-order chi connectivity index (χ0) is 18.1. The van der Waals surface area contributed by atoms with Crippen LogP contribution in [0.1, 0.15) is 38.2 Å². The van der Waals surface area contributed by atoms with Crippen LogP contribution in [0, 0.1) is 5.92 Å². The van der Waals surface area contributed by atoms with Gasteiger partial charge in [-0.3, -0.25) is 4.79 Å². The molecule has 2 aliphatic heterocycles. The van der Waals surface area contributed by atoms with Crippen LogP contribution in [0.25, 0.3) is 0 Å². The largest absolute Gasteiger partial charge is 0.478 e. The summed E-state index contributed by atoms with van der Waals surface area (Å²) in [7, 11) is 0. The highest BCUT2D eigenvalue weighted by Gasteiger charge is 2.42. The first-order chi connectivity index (χ1) is 11.9. The first-order valence-electron chi connectivity index (χ1n) is 8.52. The third-order valence-electron chi connectivity index (χ3n) is 5.13. The van der Waals surface area contributed by atoms with Crippen LogP contribution in [0.2, 0.25) is 5.02 Å². The van der Waals surface area contributed by atoms with E-state index < -0.39 is 17.8 Å². The van der Waals surface area contributed by atoms with Crippen molar-refractivity contribution in [1.82, 2.24) is 4.90 Å². The molecule has 25 heavy (non-hydrogen) atoms. The number of ether oxygens (including phenoxy) is 1. The zero-order valence-corrected chi connectivity index (χ0v) is 15.1. The van der Waals surface area contributed by atoms with Crippen molar-refractivity contribution in [2.45, 2.75) is 38.7 Å². The van der Waals surface area contributed by atoms with Crippen LogP contribution in [0.5, 0.6) is 0 Å². The van der Waals surface area contributed by atoms with Gasteiger partial charge in [-0.15, -0.1) is 0 Å². The predicted octanol–water partition coefficient (Wildman–Crippen LogP) is 3.44. The maximum atomic E-state index is 13.0. The van der Waals surface area contributed by atoms with Gasteiger partial charge in [0, 0.05) is 29.2 Å². The molecule has 1 saturated heterocycles. The number of hydrogen-bond acceptors (Lipinski definition) is 3. The molecular weight excluding hydrogens is 342 g/mol. The summed E-state index contributed by atoms with van der Waals surface area (Å²) in [6, 6.07) is 7.04. The lowest BCUT2D eigenvalue weighted by Crippen LogP contribution is -2.46. The molecule has 0 aromatic heterocycles. The Balaban J connectivity index is 2.01. The number of rotatable bonds is 4. The van der Waals surface area contributed by atoms with Gasteiger partial charge in [-0.1, -0.05) is 30.7 Å². The Bertz CT molecular complexity index is 707. The SMILES string of the molecule is CC1=C(C(=O)O)[C@H](c2ccc(Cl)cc2)C(C)C(=O)N1C[C@H]1CCCO1. The predicted molar refractivity (Wildman–Crippen MR) is 94.4 cm³/mol. The molecule has 1 aromatic carbocycles. The van der Waals surface area contributed by atoms with Crippen LogP contribution in [-0.2, 0) is 14.3 Å². The van der Waals surface area contributed by atoms with Crippen molar-refractivity contribution in [3.05, 3.63) is 46.1 Å². The summed E-state index contributed by atoms with van der Waals surface area (Å²) >= 11 is 5.94. The number of carbonyl (C=O) groups excluding carboxylic acids is 1. The third kappa shape index (κ3) is 3.44. The van der Waals surface area contributed by atoms with Crippen molar-refractivity contribution >= 4 is 23.5 Å². The lowest BCUT2D eigenvalue weighted by Gasteiger charge is -2.38. The fourth-order valence-electron chi connectivity index (χ4n) is 3.81. The number of nitrogens with zero attached hydrogens (tertiary/aromatic N) is 1. The Labute approximate surface area is 152 Å². The van der Waals surface area contributed by atoms with E-state index in [4.69, 9.17) is 16.3 Å². The van der Waals surface area contributed by atoms with E-state index in [-0.39, 0.29) is 17.6 Å². The highest BCUT2D eigenvalue weighted by atomic mass is 35.5. The Morgan fingerprint density at radius 3 is 2.60 bits per heavy atom. The van der Waals surface area contributed by atoms with E-state index in [1.165, 1.54) is 0 Å². The number of carbonyl (C=O) groups is 2. The van der Waals surface area contributed by atoms with Crippen LogP contribution in [-0.4, -0.2) is 41.1 Å². The van der Waals surface area contributed by atoms with Gasteiger partial charge in [-0.25, -0.2) is 4.79 Å². The molecule has 3 rings (SSSR count). The number of aliphatic carboxylic acids is 1. The second-order valence-electron chi connectivity index (χ2n) is 6.71. The van der Waals surface area contributed by atoms with Crippen LogP contribution in [0.15, 0.2) is 35.5 Å². The normalized spacial score (nSPS) is 27.1. The van der Waals surface area contributed by atoms with E-state index >= 15 is 0 Å². The van der Waals surface area contributed by atoms with Crippen molar-refractivity contribution in [2.24, 2.45) is 5.92 Å². The van der Waals surface area contributed by atoms with E-state index in [0.717, 1.165) is 18.4 Å². The van der Waals surface area contributed by atoms with Crippen molar-refractivity contribution in [1.29, 1.82) is 0 Å². The number of halogens is 1. The molecule has 0 spiro atoms. The number of carboxylic acid groups (broad SMARTS) is 1. The average Bonchev–Trinajstić information content (AvgIpc) is 3.08. The summed E-state index contributed by atoms with van der Waals surface area (Å²) in [5.41, 5.74) is 1.57. The molecule has 1 unspecified atom stereocenters. The van der Waals surface area contributed by atoms with Crippen LogP contribution in [0.4, 0.5) is 0 Å².